The fourth-order valence-corrected chi connectivity index (χ4v) is 2.47. The lowest BCUT2D eigenvalue weighted by atomic mass is 9.91. The van der Waals surface area contributed by atoms with Crippen molar-refractivity contribution in [1.82, 2.24) is 14.9 Å². The van der Waals surface area contributed by atoms with Gasteiger partial charge in [-0.2, -0.15) is 5.26 Å². The minimum absolute atomic E-state index is 0.560. The number of hydrogen-bond donors (Lipinski definition) is 1. The second kappa shape index (κ2) is 6.36. The summed E-state index contributed by atoms with van der Waals surface area (Å²) < 4.78 is 2.05. The van der Waals surface area contributed by atoms with Crippen LogP contribution in [0.2, 0.25) is 0 Å². The molecule has 0 aliphatic rings. The number of aromatic nitrogens is 2. The van der Waals surface area contributed by atoms with Crippen LogP contribution in [0.3, 0.4) is 0 Å². The summed E-state index contributed by atoms with van der Waals surface area (Å²) in [5.74, 6) is 0.999. The molecule has 1 atom stereocenters. The molecule has 0 spiro atoms. The molecule has 2 aromatic rings. The van der Waals surface area contributed by atoms with Crippen molar-refractivity contribution in [2.45, 2.75) is 32.4 Å². The number of nitrogens with one attached hydrogen (secondary N) is 1. The van der Waals surface area contributed by atoms with Crippen LogP contribution in [0.1, 0.15) is 25.2 Å². The standard InChI is InChI=1S/C16H20N4/c1-3-15-18-10-11-20(15)13-16(12-17,19-4-2)14-8-6-5-7-9-14/h5-11,19H,3-4,13H2,1-2H3. The maximum Gasteiger partial charge on any atom is 0.150 e. The predicted octanol–water partition coefficient (Wildman–Crippen LogP) is 2.47. The van der Waals surface area contributed by atoms with Crippen LogP contribution in [0, 0.1) is 11.3 Å². The van der Waals surface area contributed by atoms with E-state index >= 15 is 0 Å². The van der Waals surface area contributed by atoms with Crippen LogP contribution in [0.4, 0.5) is 0 Å². The number of imidazole rings is 1. The normalized spacial score (nSPS) is 13.7. The van der Waals surface area contributed by atoms with E-state index in [2.05, 4.69) is 27.9 Å². The van der Waals surface area contributed by atoms with Crippen LogP contribution in [-0.2, 0) is 18.5 Å². The van der Waals surface area contributed by atoms with Gasteiger partial charge in [0.25, 0.3) is 0 Å². The molecule has 1 aromatic heterocycles. The summed E-state index contributed by atoms with van der Waals surface area (Å²) in [6.07, 6.45) is 4.58. The second-order valence-electron chi connectivity index (χ2n) is 4.74. The molecule has 0 saturated carbocycles. The van der Waals surface area contributed by atoms with Crippen LogP contribution in [-0.4, -0.2) is 16.1 Å². The van der Waals surface area contributed by atoms with Crippen molar-refractivity contribution in [2.75, 3.05) is 6.54 Å². The van der Waals surface area contributed by atoms with Gasteiger partial charge in [-0.15, -0.1) is 0 Å². The molecular weight excluding hydrogens is 248 g/mol. The molecule has 0 aliphatic heterocycles. The lowest BCUT2D eigenvalue weighted by molar-refractivity contribution is 0.371. The molecule has 4 nitrogen and oxygen atoms in total. The highest BCUT2D eigenvalue weighted by Crippen LogP contribution is 2.23. The van der Waals surface area contributed by atoms with E-state index < -0.39 is 5.54 Å². The Bertz CT molecular complexity index is 582. The van der Waals surface area contributed by atoms with Crippen LogP contribution < -0.4 is 5.32 Å². The molecule has 1 unspecified atom stereocenters. The SMILES string of the molecule is CCNC(C#N)(Cn1ccnc1CC)c1ccccc1. The van der Waals surface area contributed by atoms with Crippen LogP contribution in [0.15, 0.2) is 42.7 Å². The molecule has 1 heterocycles. The Kier molecular flexibility index (Phi) is 4.54. The summed E-state index contributed by atoms with van der Waals surface area (Å²) >= 11 is 0. The Hall–Kier alpha value is -2.12. The first-order valence-corrected chi connectivity index (χ1v) is 6.97. The zero-order valence-corrected chi connectivity index (χ0v) is 12.0. The smallest absolute Gasteiger partial charge is 0.150 e. The maximum absolute atomic E-state index is 9.78. The van der Waals surface area contributed by atoms with Crippen LogP contribution >= 0.6 is 0 Å². The van der Waals surface area contributed by atoms with Crippen molar-refractivity contribution < 1.29 is 0 Å². The number of hydrogen-bond acceptors (Lipinski definition) is 3. The van der Waals surface area contributed by atoms with Crippen LogP contribution in [0.5, 0.6) is 0 Å². The fourth-order valence-electron chi connectivity index (χ4n) is 2.47. The van der Waals surface area contributed by atoms with Gasteiger partial charge >= 0.3 is 0 Å². The van der Waals surface area contributed by atoms with Gasteiger partial charge in [-0.25, -0.2) is 4.98 Å². The molecular formula is C16H20N4. The Morgan fingerprint density at radius 2 is 2.05 bits per heavy atom. The Balaban J connectivity index is 2.40. The second-order valence-corrected chi connectivity index (χ2v) is 4.74. The third-order valence-corrected chi connectivity index (χ3v) is 3.46. The van der Waals surface area contributed by atoms with E-state index in [1.807, 2.05) is 43.5 Å². The summed E-state index contributed by atoms with van der Waals surface area (Å²) in [4.78, 5) is 4.33. The van der Waals surface area contributed by atoms with E-state index in [1.54, 1.807) is 6.20 Å². The monoisotopic (exact) mass is 268 g/mol. The molecule has 0 bridgehead atoms. The predicted molar refractivity (Wildman–Crippen MR) is 79.0 cm³/mol. The van der Waals surface area contributed by atoms with Crippen molar-refractivity contribution in [3.05, 3.63) is 54.1 Å². The average Bonchev–Trinajstić information content (AvgIpc) is 2.94. The first kappa shape index (κ1) is 14.3. The number of rotatable bonds is 6. The van der Waals surface area contributed by atoms with Gasteiger partial charge < -0.3 is 4.57 Å². The zero-order chi connectivity index (χ0) is 14.4. The number of likely N-dealkylation sites (N-methyl/N-ethyl adjacent to an activating group) is 1. The molecule has 0 fully saturated rings. The largest absolute Gasteiger partial charge is 0.332 e. The molecule has 0 aliphatic carbocycles. The molecule has 1 aromatic carbocycles. The average molecular weight is 268 g/mol. The third-order valence-electron chi connectivity index (χ3n) is 3.46. The highest BCUT2D eigenvalue weighted by atomic mass is 15.1. The molecule has 0 radical (unpaired) electrons. The van der Waals surface area contributed by atoms with Crippen molar-refractivity contribution in [3.8, 4) is 6.07 Å². The summed E-state index contributed by atoms with van der Waals surface area (Å²) in [6.45, 7) is 5.38. The van der Waals surface area contributed by atoms with E-state index in [9.17, 15) is 5.26 Å². The number of nitrogens with zero attached hydrogens (tertiary/aromatic N) is 3. The number of benzene rings is 1. The molecule has 104 valence electrons. The quantitative estimate of drug-likeness (QED) is 0.875. The fraction of sp³-hybridized carbons (Fsp3) is 0.375. The molecule has 0 amide bonds. The zero-order valence-electron chi connectivity index (χ0n) is 12.0. The van der Waals surface area contributed by atoms with Gasteiger partial charge in [0.1, 0.15) is 11.4 Å². The molecule has 0 saturated heterocycles. The van der Waals surface area contributed by atoms with Gasteiger partial charge in [0.05, 0.1) is 12.6 Å². The Morgan fingerprint density at radius 3 is 2.65 bits per heavy atom. The first-order chi connectivity index (χ1) is 9.75. The van der Waals surface area contributed by atoms with Gasteiger partial charge in [0.15, 0.2) is 0 Å². The van der Waals surface area contributed by atoms with Gasteiger partial charge in [-0.05, 0) is 12.1 Å². The third kappa shape index (κ3) is 2.73. The van der Waals surface area contributed by atoms with Gasteiger partial charge in [0, 0.05) is 18.8 Å². The van der Waals surface area contributed by atoms with Crippen molar-refractivity contribution in [1.29, 1.82) is 5.26 Å². The van der Waals surface area contributed by atoms with Gasteiger partial charge in [-0.1, -0.05) is 44.2 Å². The lowest BCUT2D eigenvalue weighted by Gasteiger charge is -2.29. The van der Waals surface area contributed by atoms with Crippen molar-refractivity contribution >= 4 is 0 Å². The number of aryl methyl sites for hydroxylation is 1. The van der Waals surface area contributed by atoms with Crippen molar-refractivity contribution in [2.24, 2.45) is 0 Å². The van der Waals surface area contributed by atoms with E-state index in [4.69, 9.17) is 0 Å². The van der Waals surface area contributed by atoms with E-state index in [-0.39, 0.29) is 0 Å². The topological polar surface area (TPSA) is 53.6 Å². The summed E-state index contributed by atoms with van der Waals surface area (Å²) in [6, 6.07) is 12.3. The minimum Gasteiger partial charge on any atom is -0.332 e. The van der Waals surface area contributed by atoms with Crippen molar-refractivity contribution in [3.63, 3.8) is 0 Å². The maximum atomic E-state index is 9.78. The summed E-state index contributed by atoms with van der Waals surface area (Å²) in [5.41, 5.74) is 0.265. The molecule has 20 heavy (non-hydrogen) atoms. The molecule has 2 rings (SSSR count). The van der Waals surface area contributed by atoms with E-state index in [1.165, 1.54) is 0 Å². The number of nitriles is 1. The highest BCUT2D eigenvalue weighted by Gasteiger charge is 2.32. The Morgan fingerprint density at radius 1 is 1.30 bits per heavy atom. The molecule has 1 N–H and O–H groups in total. The highest BCUT2D eigenvalue weighted by molar-refractivity contribution is 5.31. The van der Waals surface area contributed by atoms with Gasteiger partial charge in [-0.3, -0.25) is 5.32 Å². The van der Waals surface area contributed by atoms with Gasteiger partial charge in [0.2, 0.25) is 0 Å². The Labute approximate surface area is 120 Å². The lowest BCUT2D eigenvalue weighted by Crippen LogP contribution is -2.44. The van der Waals surface area contributed by atoms with E-state index in [0.29, 0.717) is 6.54 Å². The van der Waals surface area contributed by atoms with E-state index in [0.717, 1.165) is 24.4 Å². The molecule has 4 heteroatoms. The minimum atomic E-state index is -0.722. The summed E-state index contributed by atoms with van der Waals surface area (Å²) in [5, 5.41) is 13.1. The first-order valence-electron chi connectivity index (χ1n) is 6.97. The summed E-state index contributed by atoms with van der Waals surface area (Å²) in [7, 11) is 0. The van der Waals surface area contributed by atoms with Crippen LogP contribution in [0.25, 0.3) is 0 Å².